The van der Waals surface area contributed by atoms with Crippen molar-refractivity contribution < 1.29 is 23.5 Å². The molecule has 0 aliphatic heterocycles. The summed E-state index contributed by atoms with van der Waals surface area (Å²) < 4.78 is 18.3. The maximum Gasteiger partial charge on any atom is 0.305 e. The number of carbonyl (C=O) groups excluding carboxylic acids is 2. The highest BCUT2D eigenvalue weighted by molar-refractivity contribution is 5.99. The Labute approximate surface area is 141 Å². The predicted molar refractivity (Wildman–Crippen MR) is 87.1 cm³/mol. The summed E-state index contributed by atoms with van der Waals surface area (Å²) in [5.74, 6) is -1.56. The molecular formula is C18H13FN2O4. The van der Waals surface area contributed by atoms with Crippen LogP contribution in [0.15, 0.2) is 65.1 Å². The van der Waals surface area contributed by atoms with Crippen molar-refractivity contribution in [2.45, 2.75) is 0 Å². The fourth-order valence-corrected chi connectivity index (χ4v) is 2.14. The molecule has 0 atom stereocenters. The molecule has 0 spiro atoms. The molecule has 25 heavy (non-hydrogen) atoms. The van der Waals surface area contributed by atoms with E-state index in [1.807, 2.05) is 0 Å². The van der Waals surface area contributed by atoms with Gasteiger partial charge in [0.2, 0.25) is 0 Å². The Morgan fingerprint density at radius 2 is 1.56 bits per heavy atom. The van der Waals surface area contributed by atoms with Crippen LogP contribution in [0.2, 0.25) is 0 Å². The third-order valence-electron chi connectivity index (χ3n) is 3.40. The molecule has 2 aromatic carbocycles. The van der Waals surface area contributed by atoms with E-state index in [1.54, 1.807) is 18.2 Å². The van der Waals surface area contributed by atoms with E-state index in [1.165, 1.54) is 42.5 Å². The number of benzene rings is 2. The van der Waals surface area contributed by atoms with Crippen molar-refractivity contribution in [2.75, 3.05) is 0 Å². The minimum absolute atomic E-state index is 0.0225. The largest absolute Gasteiger partial charge is 0.507 e. The highest BCUT2D eigenvalue weighted by Gasteiger charge is 2.15. The van der Waals surface area contributed by atoms with Gasteiger partial charge in [0, 0.05) is 5.56 Å². The number of halogens is 1. The van der Waals surface area contributed by atoms with Gasteiger partial charge in [-0.2, -0.15) is 0 Å². The number of nitrogens with one attached hydrogen (secondary N) is 2. The summed E-state index contributed by atoms with van der Waals surface area (Å²) in [5, 5.41) is 9.59. The van der Waals surface area contributed by atoms with Gasteiger partial charge in [-0.3, -0.25) is 20.4 Å². The van der Waals surface area contributed by atoms with Crippen LogP contribution in [0.5, 0.6) is 5.75 Å². The number of furan rings is 1. The van der Waals surface area contributed by atoms with Crippen LogP contribution in [0.1, 0.15) is 20.9 Å². The topological polar surface area (TPSA) is 91.6 Å². The van der Waals surface area contributed by atoms with E-state index in [9.17, 15) is 19.1 Å². The maximum absolute atomic E-state index is 12.9. The lowest BCUT2D eigenvalue weighted by atomic mass is 10.2. The Hall–Kier alpha value is -3.61. The Kier molecular flexibility index (Phi) is 4.47. The van der Waals surface area contributed by atoms with Crippen molar-refractivity contribution in [1.82, 2.24) is 10.9 Å². The van der Waals surface area contributed by atoms with Crippen LogP contribution < -0.4 is 10.9 Å². The number of carbonyl (C=O) groups is 2. The molecule has 2 amide bonds. The van der Waals surface area contributed by atoms with Crippen LogP contribution in [-0.4, -0.2) is 16.9 Å². The first kappa shape index (κ1) is 16.3. The van der Waals surface area contributed by atoms with Crippen molar-refractivity contribution in [3.05, 3.63) is 77.8 Å². The minimum Gasteiger partial charge on any atom is -0.507 e. The molecule has 0 saturated heterocycles. The smallest absolute Gasteiger partial charge is 0.305 e. The van der Waals surface area contributed by atoms with Gasteiger partial charge in [0.25, 0.3) is 5.91 Å². The van der Waals surface area contributed by atoms with E-state index in [0.29, 0.717) is 11.3 Å². The third kappa shape index (κ3) is 3.66. The summed E-state index contributed by atoms with van der Waals surface area (Å²) in [6.07, 6.45) is 0. The van der Waals surface area contributed by atoms with Crippen molar-refractivity contribution in [3.8, 4) is 17.1 Å². The molecule has 126 valence electrons. The van der Waals surface area contributed by atoms with Crippen LogP contribution in [0.4, 0.5) is 4.39 Å². The van der Waals surface area contributed by atoms with E-state index in [-0.39, 0.29) is 22.9 Å². The molecule has 0 aliphatic rings. The van der Waals surface area contributed by atoms with Crippen molar-refractivity contribution in [1.29, 1.82) is 0 Å². The molecule has 0 bridgehead atoms. The van der Waals surface area contributed by atoms with Gasteiger partial charge in [0.15, 0.2) is 5.76 Å². The second kappa shape index (κ2) is 6.88. The van der Waals surface area contributed by atoms with Crippen molar-refractivity contribution >= 4 is 11.8 Å². The second-order valence-corrected chi connectivity index (χ2v) is 5.10. The van der Waals surface area contributed by atoms with Gasteiger partial charge in [-0.1, -0.05) is 12.1 Å². The number of rotatable bonds is 3. The number of phenols is 1. The fraction of sp³-hybridized carbons (Fsp3) is 0. The Bertz CT molecular complexity index is 919. The summed E-state index contributed by atoms with van der Waals surface area (Å²) >= 11 is 0. The van der Waals surface area contributed by atoms with E-state index in [0.717, 1.165) is 0 Å². The molecule has 0 fully saturated rings. The summed E-state index contributed by atoms with van der Waals surface area (Å²) in [7, 11) is 0. The highest BCUT2D eigenvalue weighted by Crippen LogP contribution is 2.22. The summed E-state index contributed by atoms with van der Waals surface area (Å²) in [4.78, 5) is 23.9. The monoisotopic (exact) mass is 340 g/mol. The molecule has 0 aliphatic carbocycles. The maximum atomic E-state index is 12.9. The molecule has 1 heterocycles. The number of para-hydroxylation sites is 1. The first-order valence-electron chi connectivity index (χ1n) is 7.29. The molecule has 7 heteroatoms. The van der Waals surface area contributed by atoms with E-state index in [4.69, 9.17) is 4.42 Å². The summed E-state index contributed by atoms with van der Waals surface area (Å²) in [6, 6.07) is 14.5. The number of hydrazine groups is 1. The predicted octanol–water partition coefficient (Wildman–Crippen LogP) is 2.87. The van der Waals surface area contributed by atoms with Gasteiger partial charge in [-0.25, -0.2) is 4.39 Å². The fourth-order valence-electron chi connectivity index (χ4n) is 2.14. The average molecular weight is 340 g/mol. The zero-order valence-electron chi connectivity index (χ0n) is 12.8. The Morgan fingerprint density at radius 1 is 0.880 bits per heavy atom. The lowest BCUT2D eigenvalue weighted by Gasteiger charge is -2.07. The zero-order chi connectivity index (χ0) is 17.8. The molecule has 0 saturated carbocycles. The molecule has 0 unspecified atom stereocenters. The van der Waals surface area contributed by atoms with Crippen molar-refractivity contribution in [2.24, 2.45) is 0 Å². The van der Waals surface area contributed by atoms with Crippen LogP contribution >= 0.6 is 0 Å². The molecular weight excluding hydrogens is 327 g/mol. The quantitative estimate of drug-likeness (QED) is 0.639. The lowest BCUT2D eigenvalue weighted by Crippen LogP contribution is -2.41. The van der Waals surface area contributed by atoms with Crippen LogP contribution in [0.3, 0.4) is 0 Å². The molecule has 1 aromatic heterocycles. The highest BCUT2D eigenvalue weighted by atomic mass is 19.1. The van der Waals surface area contributed by atoms with E-state index >= 15 is 0 Å². The van der Waals surface area contributed by atoms with Gasteiger partial charge >= 0.3 is 5.91 Å². The molecule has 3 aromatic rings. The molecule has 6 nitrogen and oxygen atoms in total. The van der Waals surface area contributed by atoms with E-state index in [2.05, 4.69) is 10.9 Å². The van der Waals surface area contributed by atoms with Gasteiger partial charge in [-0.05, 0) is 48.5 Å². The van der Waals surface area contributed by atoms with Crippen LogP contribution in [0, 0.1) is 5.82 Å². The van der Waals surface area contributed by atoms with E-state index < -0.39 is 11.8 Å². The number of hydrogen-bond acceptors (Lipinski definition) is 4. The standard InChI is InChI=1S/C18H13FN2O4/c19-12-7-5-11(6-8-12)15-9-10-16(25-15)18(24)21-20-17(23)13-3-1-2-4-14(13)22/h1-10,22H,(H,20,23)(H,21,24). The van der Waals surface area contributed by atoms with Gasteiger partial charge in [0.05, 0.1) is 5.56 Å². The summed E-state index contributed by atoms with van der Waals surface area (Å²) in [5.41, 5.74) is 5.01. The number of aromatic hydroxyl groups is 1. The SMILES string of the molecule is O=C(NNC(=O)c1ccccc1O)c1ccc(-c2ccc(F)cc2)o1. The molecule has 3 N–H and O–H groups in total. The first-order valence-corrected chi connectivity index (χ1v) is 7.29. The number of amides is 2. The zero-order valence-corrected chi connectivity index (χ0v) is 12.8. The minimum atomic E-state index is -0.670. The Balaban J connectivity index is 1.65. The third-order valence-corrected chi connectivity index (χ3v) is 3.40. The van der Waals surface area contributed by atoms with Gasteiger partial charge < -0.3 is 9.52 Å². The molecule has 3 rings (SSSR count). The van der Waals surface area contributed by atoms with Crippen LogP contribution in [0.25, 0.3) is 11.3 Å². The first-order chi connectivity index (χ1) is 12.0. The van der Waals surface area contributed by atoms with Gasteiger partial charge in [-0.15, -0.1) is 0 Å². The summed E-state index contributed by atoms with van der Waals surface area (Å²) in [6.45, 7) is 0. The lowest BCUT2D eigenvalue weighted by molar-refractivity contribution is 0.0830. The second-order valence-electron chi connectivity index (χ2n) is 5.10. The molecule has 0 radical (unpaired) electrons. The average Bonchev–Trinajstić information content (AvgIpc) is 3.10. The van der Waals surface area contributed by atoms with Gasteiger partial charge in [0.1, 0.15) is 17.3 Å². The Morgan fingerprint density at radius 3 is 2.28 bits per heavy atom. The number of hydrogen-bond donors (Lipinski definition) is 3. The number of phenolic OH excluding ortho intramolecular Hbond substituents is 1. The van der Waals surface area contributed by atoms with Crippen LogP contribution in [-0.2, 0) is 0 Å². The van der Waals surface area contributed by atoms with Crippen molar-refractivity contribution in [3.63, 3.8) is 0 Å². The normalized spacial score (nSPS) is 10.3.